The number of nitrogens with one attached hydrogen (secondary N) is 1. The molecule has 1 amide bonds. The van der Waals surface area contributed by atoms with Crippen molar-refractivity contribution < 1.29 is 9.18 Å². The first-order valence-electron chi connectivity index (χ1n) is 7.83. The second-order valence-corrected chi connectivity index (χ2v) is 6.00. The SMILES string of the molecule is Cc1ccccc1[C@H]1CC(=O)Nc2c1cnn2-c1ccc(F)cc1. The number of aryl methyl sites for hydroxylation is 1. The van der Waals surface area contributed by atoms with Gasteiger partial charge in [-0.1, -0.05) is 24.3 Å². The molecule has 0 fully saturated rings. The zero-order chi connectivity index (χ0) is 16.7. The van der Waals surface area contributed by atoms with Crippen LogP contribution in [-0.4, -0.2) is 15.7 Å². The van der Waals surface area contributed by atoms with Gasteiger partial charge in [-0.25, -0.2) is 9.07 Å². The van der Waals surface area contributed by atoms with Crippen molar-refractivity contribution >= 4 is 11.7 Å². The van der Waals surface area contributed by atoms with E-state index in [9.17, 15) is 9.18 Å². The largest absolute Gasteiger partial charge is 0.310 e. The lowest BCUT2D eigenvalue weighted by Crippen LogP contribution is -2.25. The molecule has 0 bridgehead atoms. The van der Waals surface area contributed by atoms with Crippen molar-refractivity contribution in [1.82, 2.24) is 9.78 Å². The molecule has 1 N–H and O–H groups in total. The molecule has 0 spiro atoms. The van der Waals surface area contributed by atoms with Gasteiger partial charge in [-0.2, -0.15) is 5.10 Å². The summed E-state index contributed by atoms with van der Waals surface area (Å²) in [5, 5.41) is 7.33. The van der Waals surface area contributed by atoms with Crippen molar-refractivity contribution in [3.8, 4) is 5.69 Å². The molecule has 2 heterocycles. The van der Waals surface area contributed by atoms with E-state index in [1.165, 1.54) is 12.1 Å². The molecule has 0 saturated carbocycles. The maximum Gasteiger partial charge on any atom is 0.226 e. The Balaban J connectivity index is 1.83. The number of benzene rings is 2. The minimum absolute atomic E-state index is 0.0239. The topological polar surface area (TPSA) is 46.9 Å². The Kier molecular flexibility index (Phi) is 3.41. The van der Waals surface area contributed by atoms with E-state index in [2.05, 4.69) is 16.5 Å². The van der Waals surface area contributed by atoms with Gasteiger partial charge in [0.15, 0.2) is 0 Å². The molecule has 2 aromatic carbocycles. The number of carbonyl (C=O) groups is 1. The van der Waals surface area contributed by atoms with Gasteiger partial charge in [-0.15, -0.1) is 0 Å². The number of hydrogen-bond acceptors (Lipinski definition) is 2. The fourth-order valence-electron chi connectivity index (χ4n) is 3.25. The smallest absolute Gasteiger partial charge is 0.226 e. The van der Waals surface area contributed by atoms with E-state index in [1.54, 1.807) is 23.0 Å². The summed E-state index contributed by atoms with van der Waals surface area (Å²) in [4.78, 5) is 12.2. The summed E-state index contributed by atoms with van der Waals surface area (Å²) in [5.74, 6) is 0.288. The highest BCUT2D eigenvalue weighted by Gasteiger charge is 2.30. The lowest BCUT2D eigenvalue weighted by Gasteiger charge is -2.25. The lowest BCUT2D eigenvalue weighted by atomic mass is 9.85. The molecule has 1 aromatic heterocycles. The number of rotatable bonds is 2. The van der Waals surface area contributed by atoms with Crippen molar-refractivity contribution in [3.05, 3.63) is 77.2 Å². The molecule has 4 nitrogen and oxygen atoms in total. The van der Waals surface area contributed by atoms with Gasteiger partial charge in [-0.3, -0.25) is 4.79 Å². The van der Waals surface area contributed by atoms with Crippen molar-refractivity contribution in [2.24, 2.45) is 0 Å². The van der Waals surface area contributed by atoms with Crippen molar-refractivity contribution in [2.45, 2.75) is 19.3 Å². The van der Waals surface area contributed by atoms with E-state index in [0.29, 0.717) is 17.9 Å². The van der Waals surface area contributed by atoms with Gasteiger partial charge in [-0.05, 0) is 42.3 Å². The van der Waals surface area contributed by atoms with Crippen LogP contribution in [0.5, 0.6) is 0 Å². The zero-order valence-corrected chi connectivity index (χ0v) is 13.2. The van der Waals surface area contributed by atoms with Gasteiger partial charge < -0.3 is 5.32 Å². The first kappa shape index (κ1) is 14.6. The van der Waals surface area contributed by atoms with E-state index < -0.39 is 0 Å². The Morgan fingerprint density at radius 1 is 1.12 bits per heavy atom. The normalized spacial score (nSPS) is 16.6. The highest BCUT2D eigenvalue weighted by molar-refractivity contribution is 5.94. The summed E-state index contributed by atoms with van der Waals surface area (Å²) in [7, 11) is 0. The minimum atomic E-state index is -0.304. The van der Waals surface area contributed by atoms with Crippen molar-refractivity contribution in [3.63, 3.8) is 0 Å². The molecular weight excluding hydrogens is 305 g/mol. The fourth-order valence-corrected chi connectivity index (χ4v) is 3.25. The van der Waals surface area contributed by atoms with Gasteiger partial charge in [0.2, 0.25) is 5.91 Å². The van der Waals surface area contributed by atoms with Gasteiger partial charge in [0.1, 0.15) is 11.6 Å². The third-order valence-corrected chi connectivity index (χ3v) is 4.46. The number of anilines is 1. The van der Waals surface area contributed by atoms with E-state index in [1.807, 2.05) is 25.1 Å². The van der Waals surface area contributed by atoms with E-state index in [4.69, 9.17) is 0 Å². The summed E-state index contributed by atoms with van der Waals surface area (Å²) < 4.78 is 14.8. The quantitative estimate of drug-likeness (QED) is 0.780. The molecule has 5 heteroatoms. The van der Waals surface area contributed by atoms with Crippen LogP contribution in [0.3, 0.4) is 0 Å². The molecule has 0 radical (unpaired) electrons. The van der Waals surface area contributed by atoms with Gasteiger partial charge >= 0.3 is 0 Å². The Bertz CT molecular complexity index is 915. The van der Waals surface area contributed by atoms with Crippen LogP contribution in [-0.2, 0) is 4.79 Å². The van der Waals surface area contributed by atoms with Crippen LogP contribution >= 0.6 is 0 Å². The van der Waals surface area contributed by atoms with Crippen LogP contribution in [0.4, 0.5) is 10.2 Å². The molecule has 1 aliphatic rings. The van der Waals surface area contributed by atoms with Crippen LogP contribution in [0.25, 0.3) is 5.69 Å². The predicted molar refractivity (Wildman–Crippen MR) is 89.8 cm³/mol. The number of hydrogen-bond donors (Lipinski definition) is 1. The van der Waals surface area contributed by atoms with E-state index in [-0.39, 0.29) is 17.6 Å². The molecule has 0 unspecified atom stereocenters. The Morgan fingerprint density at radius 3 is 2.62 bits per heavy atom. The number of aromatic nitrogens is 2. The molecule has 120 valence electrons. The number of carbonyl (C=O) groups excluding carboxylic acids is 1. The Morgan fingerprint density at radius 2 is 1.88 bits per heavy atom. The minimum Gasteiger partial charge on any atom is -0.310 e. The van der Waals surface area contributed by atoms with Crippen LogP contribution in [0, 0.1) is 12.7 Å². The van der Waals surface area contributed by atoms with Crippen LogP contribution in [0.2, 0.25) is 0 Å². The lowest BCUT2D eigenvalue weighted by molar-refractivity contribution is -0.116. The summed E-state index contributed by atoms with van der Waals surface area (Å²) in [6.45, 7) is 2.05. The average Bonchev–Trinajstić information content (AvgIpc) is 2.99. The Labute approximate surface area is 138 Å². The second-order valence-electron chi connectivity index (χ2n) is 6.00. The number of nitrogens with zero attached hydrogens (tertiary/aromatic N) is 2. The molecule has 1 aliphatic heterocycles. The number of halogens is 1. The fraction of sp³-hybridized carbons (Fsp3) is 0.158. The zero-order valence-electron chi connectivity index (χ0n) is 13.2. The third kappa shape index (κ3) is 2.38. The van der Waals surface area contributed by atoms with Crippen LogP contribution < -0.4 is 5.32 Å². The first-order valence-corrected chi connectivity index (χ1v) is 7.83. The van der Waals surface area contributed by atoms with Crippen LogP contribution in [0.15, 0.2) is 54.7 Å². The second kappa shape index (κ2) is 5.60. The number of fused-ring (bicyclic) bond motifs is 1. The molecular formula is C19H16FN3O. The summed E-state index contributed by atoms with van der Waals surface area (Å²) in [6, 6.07) is 14.1. The summed E-state index contributed by atoms with van der Waals surface area (Å²) in [5.41, 5.74) is 3.97. The van der Waals surface area contributed by atoms with Crippen molar-refractivity contribution in [2.75, 3.05) is 5.32 Å². The molecule has 0 saturated heterocycles. The van der Waals surface area contributed by atoms with Crippen molar-refractivity contribution in [1.29, 1.82) is 0 Å². The van der Waals surface area contributed by atoms with Gasteiger partial charge in [0, 0.05) is 17.9 Å². The van der Waals surface area contributed by atoms with E-state index >= 15 is 0 Å². The summed E-state index contributed by atoms with van der Waals surface area (Å²) >= 11 is 0. The maximum absolute atomic E-state index is 13.2. The predicted octanol–water partition coefficient (Wildman–Crippen LogP) is 3.79. The maximum atomic E-state index is 13.2. The first-order chi connectivity index (χ1) is 11.6. The average molecular weight is 321 g/mol. The molecule has 3 aromatic rings. The van der Waals surface area contributed by atoms with E-state index in [0.717, 1.165) is 16.7 Å². The number of amides is 1. The van der Waals surface area contributed by atoms with Gasteiger partial charge in [0.25, 0.3) is 0 Å². The summed E-state index contributed by atoms with van der Waals surface area (Å²) in [6.07, 6.45) is 2.18. The Hall–Kier alpha value is -2.95. The standard InChI is InChI=1S/C19H16FN3O/c1-12-4-2-3-5-15(12)16-10-18(24)22-19-17(16)11-21-23(19)14-8-6-13(20)7-9-14/h2-9,11,16H,10H2,1H3,(H,22,24)/t16-/m1/s1. The molecule has 1 atom stereocenters. The van der Waals surface area contributed by atoms with Gasteiger partial charge in [0.05, 0.1) is 11.9 Å². The monoisotopic (exact) mass is 321 g/mol. The molecule has 0 aliphatic carbocycles. The molecule has 4 rings (SSSR count). The molecule has 24 heavy (non-hydrogen) atoms. The van der Waals surface area contributed by atoms with Crippen LogP contribution in [0.1, 0.15) is 29.0 Å². The highest BCUT2D eigenvalue weighted by atomic mass is 19.1. The highest BCUT2D eigenvalue weighted by Crippen LogP contribution is 2.39. The third-order valence-electron chi connectivity index (χ3n) is 4.46.